The van der Waals surface area contributed by atoms with Crippen LogP contribution in [-0.4, -0.2) is 65.3 Å². The SMILES string of the molecule is COc1cccc(-c2nnc(NS(=O)(=O)CC(O)c3ccc(F)cn3)n2-c2c(OC)cccc2OC)n1. The summed E-state index contributed by atoms with van der Waals surface area (Å²) in [5, 5.41) is 18.6. The van der Waals surface area contributed by atoms with Crippen molar-refractivity contribution in [1.82, 2.24) is 24.7 Å². The summed E-state index contributed by atoms with van der Waals surface area (Å²) in [6.07, 6.45) is -0.647. The van der Waals surface area contributed by atoms with Crippen LogP contribution in [0.25, 0.3) is 17.2 Å². The Labute approximate surface area is 211 Å². The van der Waals surface area contributed by atoms with Gasteiger partial charge >= 0.3 is 0 Å². The summed E-state index contributed by atoms with van der Waals surface area (Å²) in [6, 6.07) is 12.3. The van der Waals surface area contributed by atoms with Crippen LogP contribution in [0.2, 0.25) is 0 Å². The van der Waals surface area contributed by atoms with Crippen molar-refractivity contribution in [3.8, 4) is 34.6 Å². The number of hydrogen-bond donors (Lipinski definition) is 2. The molecule has 0 bridgehead atoms. The molecule has 14 heteroatoms. The van der Waals surface area contributed by atoms with E-state index in [-0.39, 0.29) is 17.5 Å². The molecule has 12 nitrogen and oxygen atoms in total. The van der Waals surface area contributed by atoms with Gasteiger partial charge in [0.2, 0.25) is 21.9 Å². The predicted molar refractivity (Wildman–Crippen MR) is 131 cm³/mol. The molecule has 0 spiro atoms. The summed E-state index contributed by atoms with van der Waals surface area (Å²) in [5.41, 5.74) is 0.609. The van der Waals surface area contributed by atoms with E-state index in [0.29, 0.717) is 28.8 Å². The summed E-state index contributed by atoms with van der Waals surface area (Å²) in [6.45, 7) is 0. The van der Waals surface area contributed by atoms with Gasteiger partial charge in [0, 0.05) is 6.07 Å². The molecule has 0 fully saturated rings. The van der Waals surface area contributed by atoms with E-state index in [2.05, 4.69) is 24.9 Å². The molecule has 4 rings (SSSR count). The van der Waals surface area contributed by atoms with Gasteiger partial charge < -0.3 is 19.3 Å². The van der Waals surface area contributed by atoms with E-state index in [0.717, 1.165) is 12.3 Å². The van der Waals surface area contributed by atoms with Crippen molar-refractivity contribution < 1.29 is 32.1 Å². The average Bonchev–Trinajstić information content (AvgIpc) is 3.30. The molecule has 1 aromatic carbocycles. The van der Waals surface area contributed by atoms with Gasteiger partial charge in [0.15, 0.2) is 5.82 Å². The third kappa shape index (κ3) is 5.59. The highest BCUT2D eigenvalue weighted by Crippen LogP contribution is 2.37. The fourth-order valence-electron chi connectivity index (χ4n) is 3.49. The molecule has 0 radical (unpaired) electrons. The normalized spacial score (nSPS) is 12.1. The molecule has 3 aromatic heterocycles. The van der Waals surface area contributed by atoms with Gasteiger partial charge in [0.25, 0.3) is 0 Å². The van der Waals surface area contributed by atoms with Gasteiger partial charge in [-0.15, -0.1) is 10.2 Å². The second-order valence-electron chi connectivity index (χ2n) is 7.56. The first-order chi connectivity index (χ1) is 17.8. The minimum absolute atomic E-state index is 0.0130. The number of methoxy groups -OCH3 is 3. The number of halogens is 1. The van der Waals surface area contributed by atoms with Crippen molar-refractivity contribution in [3.63, 3.8) is 0 Å². The third-order valence-electron chi connectivity index (χ3n) is 5.17. The van der Waals surface area contributed by atoms with Crippen molar-refractivity contribution in [2.75, 3.05) is 31.8 Å². The minimum Gasteiger partial charge on any atom is -0.494 e. The van der Waals surface area contributed by atoms with Gasteiger partial charge in [-0.2, -0.15) is 0 Å². The van der Waals surface area contributed by atoms with Crippen LogP contribution in [0.15, 0.2) is 54.7 Å². The Morgan fingerprint density at radius 1 is 1.00 bits per heavy atom. The second-order valence-corrected chi connectivity index (χ2v) is 9.33. The number of aliphatic hydroxyl groups excluding tert-OH is 1. The summed E-state index contributed by atoms with van der Waals surface area (Å²) >= 11 is 0. The van der Waals surface area contributed by atoms with Crippen LogP contribution in [-0.2, 0) is 10.0 Å². The number of hydrogen-bond acceptors (Lipinski definition) is 10. The molecular formula is C23H23FN6O6S. The van der Waals surface area contributed by atoms with Crippen LogP contribution in [0, 0.1) is 5.82 Å². The monoisotopic (exact) mass is 530 g/mol. The lowest BCUT2D eigenvalue weighted by Crippen LogP contribution is -2.24. The number of ether oxygens (including phenoxy) is 3. The zero-order chi connectivity index (χ0) is 26.6. The predicted octanol–water partition coefficient (Wildman–Crippen LogP) is 2.36. The van der Waals surface area contributed by atoms with E-state index < -0.39 is 27.7 Å². The molecule has 194 valence electrons. The van der Waals surface area contributed by atoms with E-state index in [1.807, 2.05) is 0 Å². The molecule has 37 heavy (non-hydrogen) atoms. The van der Waals surface area contributed by atoms with E-state index in [1.165, 1.54) is 32.0 Å². The van der Waals surface area contributed by atoms with Crippen molar-refractivity contribution in [1.29, 1.82) is 0 Å². The Balaban J connectivity index is 1.80. The van der Waals surface area contributed by atoms with Crippen LogP contribution in [0.3, 0.4) is 0 Å². The maximum Gasteiger partial charge on any atom is 0.243 e. The van der Waals surface area contributed by atoms with Gasteiger partial charge in [-0.25, -0.2) is 17.8 Å². The molecule has 0 aliphatic rings. The fraction of sp³-hybridized carbons (Fsp3) is 0.217. The average molecular weight is 531 g/mol. The van der Waals surface area contributed by atoms with Gasteiger partial charge in [-0.1, -0.05) is 12.1 Å². The minimum atomic E-state index is -4.23. The highest BCUT2D eigenvalue weighted by molar-refractivity contribution is 7.92. The zero-order valence-electron chi connectivity index (χ0n) is 20.0. The van der Waals surface area contributed by atoms with Crippen LogP contribution in [0.1, 0.15) is 11.8 Å². The number of pyridine rings is 2. The summed E-state index contributed by atoms with van der Waals surface area (Å²) in [5.74, 6) is -0.500. The maximum absolute atomic E-state index is 13.2. The summed E-state index contributed by atoms with van der Waals surface area (Å²) in [4.78, 5) is 8.12. The zero-order valence-corrected chi connectivity index (χ0v) is 20.8. The molecular weight excluding hydrogens is 507 g/mol. The molecule has 0 saturated heterocycles. The quantitative estimate of drug-likeness (QED) is 0.313. The van der Waals surface area contributed by atoms with Crippen LogP contribution < -0.4 is 18.9 Å². The fourth-order valence-corrected chi connectivity index (χ4v) is 4.57. The van der Waals surface area contributed by atoms with E-state index in [1.54, 1.807) is 36.4 Å². The molecule has 0 aliphatic carbocycles. The van der Waals surface area contributed by atoms with E-state index >= 15 is 0 Å². The van der Waals surface area contributed by atoms with Crippen molar-refractivity contribution in [3.05, 3.63) is 66.2 Å². The number of sulfonamides is 1. The lowest BCUT2D eigenvalue weighted by Gasteiger charge is -2.18. The van der Waals surface area contributed by atoms with Gasteiger partial charge in [-0.05, 0) is 30.3 Å². The van der Waals surface area contributed by atoms with Crippen molar-refractivity contribution in [2.45, 2.75) is 6.10 Å². The highest BCUT2D eigenvalue weighted by Gasteiger charge is 2.27. The first kappa shape index (κ1) is 25.8. The number of rotatable bonds is 10. The Bertz CT molecular complexity index is 1470. The summed E-state index contributed by atoms with van der Waals surface area (Å²) in [7, 11) is 0.125. The van der Waals surface area contributed by atoms with E-state index in [9.17, 15) is 17.9 Å². The Morgan fingerprint density at radius 3 is 2.32 bits per heavy atom. The number of para-hydroxylation sites is 1. The molecule has 4 aromatic rings. The van der Waals surface area contributed by atoms with Crippen molar-refractivity contribution in [2.24, 2.45) is 0 Å². The number of aromatic nitrogens is 5. The maximum atomic E-state index is 13.2. The second kappa shape index (κ2) is 10.8. The largest absolute Gasteiger partial charge is 0.494 e. The highest BCUT2D eigenvalue weighted by atomic mass is 32.2. The number of aliphatic hydroxyl groups is 1. The van der Waals surface area contributed by atoms with Gasteiger partial charge in [0.05, 0.1) is 33.2 Å². The number of nitrogens with one attached hydrogen (secondary N) is 1. The van der Waals surface area contributed by atoms with Crippen molar-refractivity contribution >= 4 is 16.0 Å². The van der Waals surface area contributed by atoms with Crippen LogP contribution in [0.5, 0.6) is 17.4 Å². The van der Waals surface area contributed by atoms with Gasteiger partial charge in [-0.3, -0.25) is 14.3 Å². The number of anilines is 1. The van der Waals surface area contributed by atoms with Crippen LogP contribution in [0.4, 0.5) is 10.3 Å². The number of nitrogens with zero attached hydrogens (tertiary/aromatic N) is 5. The van der Waals surface area contributed by atoms with E-state index in [4.69, 9.17) is 14.2 Å². The lowest BCUT2D eigenvalue weighted by atomic mass is 10.2. The Kier molecular flexibility index (Phi) is 7.50. The molecule has 1 unspecified atom stereocenters. The number of benzene rings is 1. The molecule has 3 heterocycles. The topological polar surface area (TPSA) is 151 Å². The van der Waals surface area contributed by atoms with Crippen LogP contribution >= 0.6 is 0 Å². The molecule has 0 saturated carbocycles. The standard InChI is InChI=1S/C23H23FN6O6S/c1-34-18-7-5-8-19(35-2)21(18)30-22(16-6-4-9-20(26-16)36-3)27-28-23(30)29-37(32,33)13-17(31)15-11-10-14(24)12-25-15/h4-12,17,31H,13H2,1-3H3,(H,28,29). The first-order valence-corrected chi connectivity index (χ1v) is 12.4. The molecule has 0 aliphatic heterocycles. The molecule has 0 amide bonds. The molecule has 1 atom stereocenters. The Hall–Kier alpha value is -4.30. The van der Waals surface area contributed by atoms with Gasteiger partial charge in [0.1, 0.15) is 40.6 Å². The summed E-state index contributed by atoms with van der Waals surface area (Å²) < 4.78 is 59.2. The lowest BCUT2D eigenvalue weighted by molar-refractivity contribution is 0.196. The smallest absolute Gasteiger partial charge is 0.243 e. The third-order valence-corrected chi connectivity index (χ3v) is 6.41. The first-order valence-electron chi connectivity index (χ1n) is 10.7. The Morgan fingerprint density at radius 2 is 1.70 bits per heavy atom. The molecule has 2 N–H and O–H groups in total.